The Morgan fingerprint density at radius 1 is 1.40 bits per heavy atom. The molecule has 0 spiro atoms. The normalized spacial score (nSPS) is 22.8. The van der Waals surface area contributed by atoms with E-state index >= 15 is 0 Å². The van der Waals surface area contributed by atoms with E-state index in [-0.39, 0.29) is 29.9 Å². The van der Waals surface area contributed by atoms with E-state index in [1.807, 2.05) is 19.9 Å². The van der Waals surface area contributed by atoms with E-state index in [0.717, 1.165) is 5.57 Å². The SMILES string of the molecule is CCOC(C)C1C=NC2C=C(C#Cc3cccc(F)c3)C=CN2C1=O. The van der Waals surface area contributed by atoms with Crippen LogP contribution in [0.3, 0.4) is 0 Å². The van der Waals surface area contributed by atoms with Crippen LogP contribution >= 0.6 is 0 Å². The van der Waals surface area contributed by atoms with Gasteiger partial charge in [0, 0.05) is 30.2 Å². The lowest BCUT2D eigenvalue weighted by atomic mass is 9.99. The first-order chi connectivity index (χ1) is 12.1. The molecule has 0 radical (unpaired) electrons. The minimum atomic E-state index is -0.389. The second-order valence-electron chi connectivity index (χ2n) is 5.84. The maximum Gasteiger partial charge on any atom is 0.239 e. The van der Waals surface area contributed by atoms with Crippen molar-refractivity contribution in [2.24, 2.45) is 10.9 Å². The maximum atomic E-state index is 13.2. The zero-order valence-electron chi connectivity index (χ0n) is 14.1. The topological polar surface area (TPSA) is 41.9 Å². The fourth-order valence-electron chi connectivity index (χ4n) is 2.76. The number of rotatable bonds is 3. The lowest BCUT2D eigenvalue weighted by Crippen LogP contribution is -2.47. The molecule has 0 aromatic heterocycles. The highest BCUT2D eigenvalue weighted by molar-refractivity contribution is 5.97. The quantitative estimate of drug-likeness (QED) is 0.795. The van der Waals surface area contributed by atoms with Crippen molar-refractivity contribution in [3.63, 3.8) is 0 Å². The molecule has 1 aromatic carbocycles. The molecule has 4 nitrogen and oxygen atoms in total. The Morgan fingerprint density at radius 3 is 3.00 bits per heavy atom. The molecule has 0 fully saturated rings. The second-order valence-corrected chi connectivity index (χ2v) is 5.84. The van der Waals surface area contributed by atoms with E-state index in [2.05, 4.69) is 16.8 Å². The third-order valence-corrected chi connectivity index (χ3v) is 4.08. The molecule has 5 heteroatoms. The Hall–Kier alpha value is -2.71. The molecule has 0 N–H and O–H groups in total. The first-order valence-electron chi connectivity index (χ1n) is 8.23. The zero-order valence-corrected chi connectivity index (χ0v) is 14.1. The predicted octanol–water partition coefficient (Wildman–Crippen LogP) is 2.91. The molecule has 0 aliphatic carbocycles. The van der Waals surface area contributed by atoms with E-state index < -0.39 is 0 Å². The smallest absolute Gasteiger partial charge is 0.239 e. The van der Waals surface area contributed by atoms with Gasteiger partial charge in [-0.3, -0.25) is 14.7 Å². The summed E-state index contributed by atoms with van der Waals surface area (Å²) >= 11 is 0. The van der Waals surface area contributed by atoms with E-state index in [1.165, 1.54) is 12.1 Å². The molecule has 128 valence electrons. The van der Waals surface area contributed by atoms with Gasteiger partial charge in [-0.25, -0.2) is 4.39 Å². The minimum absolute atomic E-state index is 0.0365. The van der Waals surface area contributed by atoms with Crippen molar-refractivity contribution in [1.29, 1.82) is 0 Å². The number of nitrogens with zero attached hydrogens (tertiary/aromatic N) is 2. The number of benzene rings is 1. The number of carbonyl (C=O) groups is 1. The molecule has 25 heavy (non-hydrogen) atoms. The molecular weight excluding hydrogens is 319 g/mol. The van der Waals surface area contributed by atoms with Gasteiger partial charge >= 0.3 is 0 Å². The van der Waals surface area contributed by atoms with Crippen molar-refractivity contribution >= 4 is 12.1 Å². The molecule has 3 unspecified atom stereocenters. The molecule has 0 saturated heterocycles. The molecule has 0 saturated carbocycles. The Morgan fingerprint density at radius 2 is 2.24 bits per heavy atom. The zero-order chi connectivity index (χ0) is 17.8. The first kappa shape index (κ1) is 17.1. The summed E-state index contributed by atoms with van der Waals surface area (Å²) in [4.78, 5) is 18.6. The number of amides is 1. The van der Waals surface area contributed by atoms with Crippen LogP contribution in [0.2, 0.25) is 0 Å². The van der Waals surface area contributed by atoms with E-state index in [4.69, 9.17) is 4.74 Å². The summed E-state index contributed by atoms with van der Waals surface area (Å²) in [5.41, 5.74) is 1.34. The van der Waals surface area contributed by atoms with Crippen LogP contribution in [0.4, 0.5) is 4.39 Å². The van der Waals surface area contributed by atoms with Crippen molar-refractivity contribution in [2.75, 3.05) is 6.61 Å². The number of ether oxygens (including phenoxy) is 1. The number of hydrogen-bond donors (Lipinski definition) is 0. The second kappa shape index (κ2) is 7.45. The van der Waals surface area contributed by atoms with Gasteiger partial charge in [0.1, 0.15) is 12.0 Å². The Labute approximate surface area is 146 Å². The average Bonchev–Trinajstić information content (AvgIpc) is 2.60. The highest BCUT2D eigenvalue weighted by Crippen LogP contribution is 2.23. The third-order valence-electron chi connectivity index (χ3n) is 4.08. The van der Waals surface area contributed by atoms with Crippen LogP contribution < -0.4 is 0 Å². The van der Waals surface area contributed by atoms with E-state index in [9.17, 15) is 9.18 Å². The van der Waals surface area contributed by atoms with Gasteiger partial charge in [0.2, 0.25) is 5.91 Å². The maximum absolute atomic E-state index is 13.2. The molecule has 1 aromatic rings. The fraction of sp³-hybridized carbons (Fsp3) is 0.300. The molecule has 1 amide bonds. The molecule has 2 aliphatic rings. The van der Waals surface area contributed by atoms with Gasteiger partial charge in [0.25, 0.3) is 0 Å². The van der Waals surface area contributed by atoms with Crippen molar-refractivity contribution in [2.45, 2.75) is 26.1 Å². The lowest BCUT2D eigenvalue weighted by Gasteiger charge is -2.34. The first-order valence-corrected chi connectivity index (χ1v) is 8.23. The van der Waals surface area contributed by atoms with Crippen LogP contribution in [-0.2, 0) is 9.53 Å². The van der Waals surface area contributed by atoms with Crippen LogP contribution in [-0.4, -0.2) is 35.9 Å². The molecule has 3 atom stereocenters. The molecular formula is C20H19FN2O2. The van der Waals surface area contributed by atoms with Gasteiger partial charge in [-0.2, -0.15) is 0 Å². The molecule has 3 rings (SSSR count). The number of fused-ring (bicyclic) bond motifs is 1. The summed E-state index contributed by atoms with van der Waals surface area (Å²) in [5.74, 6) is 5.18. The van der Waals surface area contributed by atoms with Gasteiger partial charge in [0.05, 0.1) is 12.0 Å². The average molecular weight is 338 g/mol. The van der Waals surface area contributed by atoms with Crippen molar-refractivity contribution in [1.82, 2.24) is 4.90 Å². The summed E-state index contributed by atoms with van der Waals surface area (Å²) in [6, 6.07) is 6.13. The fourth-order valence-corrected chi connectivity index (χ4v) is 2.76. The number of aliphatic imine (C=N–C) groups is 1. The van der Waals surface area contributed by atoms with Gasteiger partial charge in [0.15, 0.2) is 0 Å². The van der Waals surface area contributed by atoms with Crippen LogP contribution in [0.25, 0.3) is 0 Å². The van der Waals surface area contributed by atoms with Gasteiger partial charge in [-0.15, -0.1) is 0 Å². The number of halogens is 1. The van der Waals surface area contributed by atoms with Gasteiger partial charge in [-0.05, 0) is 44.2 Å². The highest BCUT2D eigenvalue weighted by Gasteiger charge is 2.35. The van der Waals surface area contributed by atoms with Crippen LogP contribution in [0.1, 0.15) is 19.4 Å². The summed E-state index contributed by atoms with van der Waals surface area (Å²) in [6.45, 7) is 4.33. The lowest BCUT2D eigenvalue weighted by molar-refractivity contribution is -0.136. The largest absolute Gasteiger partial charge is 0.378 e. The minimum Gasteiger partial charge on any atom is -0.378 e. The molecule has 2 heterocycles. The molecule has 2 aliphatic heterocycles. The van der Waals surface area contributed by atoms with Crippen LogP contribution in [0.5, 0.6) is 0 Å². The number of hydrogen-bond acceptors (Lipinski definition) is 3. The summed E-state index contributed by atoms with van der Waals surface area (Å²) in [7, 11) is 0. The van der Waals surface area contributed by atoms with Gasteiger partial charge < -0.3 is 4.74 Å². The summed E-state index contributed by atoms with van der Waals surface area (Å²) in [6.07, 6.45) is 6.35. The predicted molar refractivity (Wildman–Crippen MR) is 94.2 cm³/mol. The van der Waals surface area contributed by atoms with E-state index in [0.29, 0.717) is 12.2 Å². The van der Waals surface area contributed by atoms with Gasteiger partial charge in [-0.1, -0.05) is 17.9 Å². The van der Waals surface area contributed by atoms with Crippen molar-refractivity contribution in [3.8, 4) is 11.8 Å². The number of allylic oxidation sites excluding steroid dienone is 2. The van der Waals surface area contributed by atoms with Crippen molar-refractivity contribution in [3.05, 3.63) is 59.6 Å². The third kappa shape index (κ3) is 3.86. The van der Waals surface area contributed by atoms with Crippen LogP contribution in [0.15, 0.2) is 53.2 Å². The Kier molecular flexibility index (Phi) is 5.11. The summed E-state index contributed by atoms with van der Waals surface area (Å²) < 4.78 is 18.7. The Bertz CT molecular complexity index is 816. The Balaban J connectivity index is 1.77. The van der Waals surface area contributed by atoms with E-state index in [1.54, 1.807) is 35.5 Å². The number of carbonyl (C=O) groups excluding carboxylic acids is 1. The standard InChI is InChI=1S/C20H19FN2O2/c1-3-25-14(2)18-13-22-19-12-16(9-10-23(19)20(18)24)8-7-15-5-4-6-17(21)11-15/h4-6,9-14,18-19H,3H2,1-2H3. The highest BCUT2D eigenvalue weighted by atomic mass is 19.1. The van der Waals surface area contributed by atoms with Crippen molar-refractivity contribution < 1.29 is 13.9 Å². The monoisotopic (exact) mass is 338 g/mol. The summed E-state index contributed by atoms with van der Waals surface area (Å²) in [5, 5.41) is 0. The molecule has 0 bridgehead atoms. The van der Waals surface area contributed by atoms with Crippen LogP contribution in [0, 0.1) is 23.6 Å².